The molecule has 0 spiro atoms. The lowest BCUT2D eigenvalue weighted by Gasteiger charge is -2.35. The Morgan fingerprint density at radius 1 is 1.11 bits per heavy atom. The van der Waals surface area contributed by atoms with Crippen LogP contribution in [0.15, 0.2) is 18.2 Å². The van der Waals surface area contributed by atoms with E-state index >= 15 is 0 Å². The summed E-state index contributed by atoms with van der Waals surface area (Å²) in [5.41, 5.74) is 6.41. The molecule has 0 bridgehead atoms. The van der Waals surface area contributed by atoms with Crippen LogP contribution in [0.1, 0.15) is 43.0 Å². The van der Waals surface area contributed by atoms with Gasteiger partial charge < -0.3 is 15.5 Å². The molecule has 0 unspecified atom stereocenters. The SMILES string of the molecule is CC1CCN(c2ccc([N+](=O)[O-])cc2C(=O)N2CCC(C(N)=O)CC2)CC1. The van der Waals surface area contributed by atoms with Crippen LogP contribution < -0.4 is 10.6 Å². The molecule has 0 atom stereocenters. The first kappa shape index (κ1) is 19.1. The van der Waals surface area contributed by atoms with Gasteiger partial charge in [0.15, 0.2) is 0 Å². The van der Waals surface area contributed by atoms with Gasteiger partial charge >= 0.3 is 0 Å². The van der Waals surface area contributed by atoms with Gasteiger partial charge in [-0.25, -0.2) is 0 Å². The Labute approximate surface area is 158 Å². The molecule has 0 aliphatic carbocycles. The number of hydrogen-bond acceptors (Lipinski definition) is 5. The lowest BCUT2D eigenvalue weighted by molar-refractivity contribution is -0.384. The zero-order chi connectivity index (χ0) is 19.6. The van der Waals surface area contributed by atoms with E-state index in [2.05, 4.69) is 11.8 Å². The smallest absolute Gasteiger partial charge is 0.270 e. The molecule has 0 aromatic heterocycles. The number of nitrogens with zero attached hydrogens (tertiary/aromatic N) is 3. The van der Waals surface area contributed by atoms with Crippen molar-refractivity contribution >= 4 is 23.2 Å². The van der Waals surface area contributed by atoms with Crippen LogP contribution in [0, 0.1) is 22.0 Å². The van der Waals surface area contributed by atoms with E-state index < -0.39 is 4.92 Å². The van der Waals surface area contributed by atoms with Crippen LogP contribution in [-0.4, -0.2) is 47.8 Å². The summed E-state index contributed by atoms with van der Waals surface area (Å²) in [6, 6.07) is 4.54. The number of anilines is 1. The summed E-state index contributed by atoms with van der Waals surface area (Å²) >= 11 is 0. The van der Waals surface area contributed by atoms with Gasteiger partial charge in [-0.1, -0.05) is 6.92 Å². The number of hydrogen-bond donors (Lipinski definition) is 1. The summed E-state index contributed by atoms with van der Waals surface area (Å²) in [5.74, 6) is -0.107. The molecule has 2 aliphatic rings. The molecule has 2 N–H and O–H groups in total. The maximum Gasteiger partial charge on any atom is 0.270 e. The molecule has 2 heterocycles. The van der Waals surface area contributed by atoms with Crippen LogP contribution >= 0.6 is 0 Å². The number of nitro benzene ring substituents is 1. The third kappa shape index (κ3) is 4.20. The highest BCUT2D eigenvalue weighted by Gasteiger charge is 2.30. The van der Waals surface area contributed by atoms with Crippen molar-refractivity contribution in [3.63, 3.8) is 0 Å². The van der Waals surface area contributed by atoms with Gasteiger partial charge in [-0.3, -0.25) is 19.7 Å². The van der Waals surface area contributed by atoms with E-state index in [1.807, 2.05) is 0 Å². The second-order valence-electron chi connectivity index (χ2n) is 7.60. The number of benzene rings is 1. The minimum absolute atomic E-state index is 0.0838. The maximum atomic E-state index is 13.1. The van der Waals surface area contributed by atoms with Crippen molar-refractivity contribution in [2.45, 2.75) is 32.6 Å². The molecule has 3 rings (SSSR count). The Morgan fingerprint density at radius 3 is 2.30 bits per heavy atom. The first-order chi connectivity index (χ1) is 12.9. The lowest BCUT2D eigenvalue weighted by atomic mass is 9.95. The van der Waals surface area contributed by atoms with Crippen molar-refractivity contribution in [1.29, 1.82) is 0 Å². The number of nitro groups is 1. The van der Waals surface area contributed by atoms with Gasteiger partial charge in [-0.05, 0) is 37.7 Å². The van der Waals surface area contributed by atoms with E-state index in [0.717, 1.165) is 31.6 Å². The van der Waals surface area contributed by atoms with Crippen molar-refractivity contribution in [1.82, 2.24) is 4.90 Å². The van der Waals surface area contributed by atoms with Crippen LogP contribution in [-0.2, 0) is 4.79 Å². The molecular weight excluding hydrogens is 348 g/mol. The summed E-state index contributed by atoms with van der Waals surface area (Å²) in [6.07, 6.45) is 3.14. The van der Waals surface area contributed by atoms with E-state index in [-0.39, 0.29) is 23.4 Å². The van der Waals surface area contributed by atoms with Crippen molar-refractivity contribution in [2.75, 3.05) is 31.1 Å². The monoisotopic (exact) mass is 374 g/mol. The second kappa shape index (κ2) is 7.94. The fourth-order valence-corrected chi connectivity index (χ4v) is 3.87. The van der Waals surface area contributed by atoms with Crippen LogP contribution in [0.4, 0.5) is 11.4 Å². The average molecular weight is 374 g/mol. The van der Waals surface area contributed by atoms with E-state index in [1.165, 1.54) is 12.1 Å². The Morgan fingerprint density at radius 2 is 1.74 bits per heavy atom. The summed E-state index contributed by atoms with van der Waals surface area (Å²) in [5, 5.41) is 11.2. The highest BCUT2D eigenvalue weighted by molar-refractivity contribution is 6.00. The minimum Gasteiger partial charge on any atom is -0.371 e. The summed E-state index contributed by atoms with van der Waals surface area (Å²) in [4.78, 5) is 39.0. The van der Waals surface area contributed by atoms with Gasteiger partial charge in [0, 0.05) is 44.2 Å². The number of piperidine rings is 2. The van der Waals surface area contributed by atoms with Gasteiger partial charge in [0.05, 0.1) is 16.2 Å². The van der Waals surface area contributed by atoms with E-state index in [9.17, 15) is 19.7 Å². The van der Waals surface area contributed by atoms with E-state index in [1.54, 1.807) is 11.0 Å². The van der Waals surface area contributed by atoms with E-state index in [4.69, 9.17) is 5.73 Å². The number of carbonyl (C=O) groups excluding carboxylic acids is 2. The summed E-state index contributed by atoms with van der Waals surface area (Å²) < 4.78 is 0. The maximum absolute atomic E-state index is 13.1. The second-order valence-corrected chi connectivity index (χ2v) is 7.60. The Hall–Kier alpha value is -2.64. The van der Waals surface area contributed by atoms with Crippen LogP contribution in [0.25, 0.3) is 0 Å². The van der Waals surface area contributed by atoms with Gasteiger partial charge in [-0.2, -0.15) is 0 Å². The molecule has 2 saturated heterocycles. The fraction of sp³-hybridized carbons (Fsp3) is 0.579. The number of non-ortho nitro benzene ring substituents is 1. The molecule has 2 amide bonds. The Bertz CT molecular complexity index is 735. The van der Waals surface area contributed by atoms with Gasteiger partial charge in [0.1, 0.15) is 0 Å². The zero-order valence-corrected chi connectivity index (χ0v) is 15.6. The first-order valence-corrected chi connectivity index (χ1v) is 9.48. The molecule has 27 heavy (non-hydrogen) atoms. The van der Waals surface area contributed by atoms with Crippen molar-refractivity contribution in [2.24, 2.45) is 17.6 Å². The quantitative estimate of drug-likeness (QED) is 0.641. The number of carbonyl (C=O) groups is 2. The molecule has 0 radical (unpaired) electrons. The third-order valence-corrected chi connectivity index (χ3v) is 5.73. The largest absolute Gasteiger partial charge is 0.371 e. The predicted molar refractivity (Wildman–Crippen MR) is 102 cm³/mol. The number of amides is 2. The molecule has 8 nitrogen and oxygen atoms in total. The highest BCUT2D eigenvalue weighted by atomic mass is 16.6. The molecule has 0 saturated carbocycles. The average Bonchev–Trinajstić information content (AvgIpc) is 2.67. The first-order valence-electron chi connectivity index (χ1n) is 9.48. The molecule has 146 valence electrons. The van der Waals surface area contributed by atoms with Crippen molar-refractivity contribution < 1.29 is 14.5 Å². The van der Waals surface area contributed by atoms with Gasteiger partial charge in [0.25, 0.3) is 11.6 Å². The minimum atomic E-state index is -0.474. The summed E-state index contributed by atoms with van der Waals surface area (Å²) in [6.45, 7) is 4.76. The number of likely N-dealkylation sites (tertiary alicyclic amines) is 1. The Balaban J connectivity index is 1.85. The molecular formula is C19H26N4O4. The molecule has 8 heteroatoms. The van der Waals surface area contributed by atoms with Gasteiger partial charge in [0.2, 0.25) is 5.91 Å². The van der Waals surface area contributed by atoms with Crippen LogP contribution in [0.3, 0.4) is 0 Å². The van der Waals surface area contributed by atoms with E-state index in [0.29, 0.717) is 37.4 Å². The predicted octanol–water partition coefficient (Wildman–Crippen LogP) is 2.17. The van der Waals surface area contributed by atoms with Gasteiger partial charge in [-0.15, -0.1) is 0 Å². The standard InChI is InChI=1S/C19H26N4O4/c1-13-4-8-21(9-5-13)17-3-2-15(23(26)27)12-16(17)19(25)22-10-6-14(7-11-22)18(20)24/h2-3,12-14H,4-11H2,1H3,(H2,20,24). The molecule has 2 fully saturated rings. The number of primary amides is 1. The fourth-order valence-electron chi connectivity index (χ4n) is 3.87. The van der Waals surface area contributed by atoms with Crippen LogP contribution in [0.2, 0.25) is 0 Å². The molecule has 2 aliphatic heterocycles. The highest BCUT2D eigenvalue weighted by Crippen LogP contribution is 2.31. The van der Waals surface area contributed by atoms with Crippen molar-refractivity contribution in [3.05, 3.63) is 33.9 Å². The molecule has 1 aromatic rings. The van der Waals surface area contributed by atoms with Crippen molar-refractivity contribution in [3.8, 4) is 0 Å². The lowest BCUT2D eigenvalue weighted by Crippen LogP contribution is -2.42. The number of rotatable bonds is 4. The molecule has 1 aromatic carbocycles. The normalized spacial score (nSPS) is 19.1. The van der Waals surface area contributed by atoms with Crippen LogP contribution in [0.5, 0.6) is 0 Å². The third-order valence-electron chi connectivity index (χ3n) is 5.73. The summed E-state index contributed by atoms with van der Waals surface area (Å²) in [7, 11) is 0. The topological polar surface area (TPSA) is 110 Å². The number of nitrogens with two attached hydrogens (primary N) is 1. The Kier molecular flexibility index (Phi) is 5.62. The zero-order valence-electron chi connectivity index (χ0n) is 15.6.